The van der Waals surface area contributed by atoms with Gasteiger partial charge in [0.1, 0.15) is 6.33 Å². The Morgan fingerprint density at radius 2 is 2.17 bits per heavy atom. The van der Waals surface area contributed by atoms with Gasteiger partial charge >= 0.3 is 0 Å². The number of fused-ring (bicyclic) bond motifs is 1. The fourth-order valence-corrected chi connectivity index (χ4v) is 2.82. The number of hydrogen-bond acceptors (Lipinski definition) is 4. The lowest BCUT2D eigenvalue weighted by Gasteiger charge is -2.14. The first kappa shape index (κ1) is 16.2. The molecule has 0 saturated carbocycles. The number of carbonyl (C=O) groups excluding carboxylic acids is 1. The standard InChI is InChI=1S/C17H21N5O2/c1-12(16-20-18-11-22(16)8-9-24-3)19-17(23)14-10-21(2)15-7-5-4-6-13(14)15/h4-7,10-12H,8-9H2,1-3H3,(H,19,23)/t12-/m1/s1. The zero-order valence-electron chi connectivity index (χ0n) is 14.1. The first-order valence-electron chi connectivity index (χ1n) is 7.83. The van der Waals surface area contributed by atoms with Crippen molar-refractivity contribution in [3.8, 4) is 0 Å². The fraction of sp³-hybridized carbons (Fsp3) is 0.353. The minimum atomic E-state index is -0.254. The molecule has 7 nitrogen and oxygen atoms in total. The first-order valence-corrected chi connectivity index (χ1v) is 7.83. The van der Waals surface area contributed by atoms with E-state index in [0.29, 0.717) is 24.5 Å². The summed E-state index contributed by atoms with van der Waals surface area (Å²) in [5.74, 6) is 0.584. The molecular formula is C17H21N5O2. The van der Waals surface area contributed by atoms with Crippen molar-refractivity contribution in [3.05, 3.63) is 48.2 Å². The minimum absolute atomic E-state index is 0.124. The van der Waals surface area contributed by atoms with E-state index in [-0.39, 0.29) is 11.9 Å². The van der Waals surface area contributed by atoms with Crippen LogP contribution in [-0.4, -0.2) is 39.0 Å². The van der Waals surface area contributed by atoms with Crippen LogP contribution in [0.4, 0.5) is 0 Å². The second-order valence-electron chi connectivity index (χ2n) is 5.74. The van der Waals surface area contributed by atoms with Gasteiger partial charge in [-0.25, -0.2) is 0 Å². The average Bonchev–Trinajstić information content (AvgIpc) is 3.18. The van der Waals surface area contributed by atoms with Gasteiger partial charge in [0.05, 0.1) is 18.2 Å². The highest BCUT2D eigenvalue weighted by Crippen LogP contribution is 2.21. The van der Waals surface area contributed by atoms with E-state index in [1.54, 1.807) is 13.4 Å². The number of benzene rings is 1. The number of rotatable bonds is 6. The van der Waals surface area contributed by atoms with Crippen LogP contribution in [0.2, 0.25) is 0 Å². The number of nitrogens with one attached hydrogen (secondary N) is 1. The summed E-state index contributed by atoms with van der Waals surface area (Å²) in [6.07, 6.45) is 3.50. The van der Waals surface area contributed by atoms with Gasteiger partial charge in [-0.3, -0.25) is 4.79 Å². The highest BCUT2D eigenvalue weighted by atomic mass is 16.5. The number of para-hydroxylation sites is 1. The zero-order valence-corrected chi connectivity index (χ0v) is 14.1. The molecule has 0 radical (unpaired) electrons. The van der Waals surface area contributed by atoms with E-state index in [1.165, 1.54) is 0 Å². The van der Waals surface area contributed by atoms with Crippen molar-refractivity contribution in [2.75, 3.05) is 13.7 Å². The van der Waals surface area contributed by atoms with Gasteiger partial charge in [-0.05, 0) is 13.0 Å². The monoisotopic (exact) mass is 327 g/mol. The van der Waals surface area contributed by atoms with Gasteiger partial charge in [-0.2, -0.15) is 0 Å². The molecular weight excluding hydrogens is 306 g/mol. The number of nitrogens with zero attached hydrogens (tertiary/aromatic N) is 4. The molecule has 0 saturated heterocycles. The molecule has 1 atom stereocenters. The summed E-state index contributed by atoms with van der Waals surface area (Å²) in [5.41, 5.74) is 1.68. The number of hydrogen-bond donors (Lipinski definition) is 1. The maximum absolute atomic E-state index is 12.7. The Hall–Kier alpha value is -2.67. The van der Waals surface area contributed by atoms with Gasteiger partial charge in [-0.1, -0.05) is 18.2 Å². The molecule has 0 fully saturated rings. The maximum Gasteiger partial charge on any atom is 0.254 e. The van der Waals surface area contributed by atoms with Crippen LogP contribution in [0.25, 0.3) is 10.9 Å². The van der Waals surface area contributed by atoms with Crippen molar-refractivity contribution >= 4 is 16.8 Å². The number of methoxy groups -OCH3 is 1. The molecule has 0 aliphatic carbocycles. The summed E-state index contributed by atoms with van der Waals surface area (Å²) in [7, 11) is 3.58. The molecule has 0 aliphatic rings. The Bertz CT molecular complexity index is 852. The maximum atomic E-state index is 12.7. The van der Waals surface area contributed by atoms with Gasteiger partial charge in [0.2, 0.25) is 0 Å². The lowest BCUT2D eigenvalue weighted by atomic mass is 10.1. The Labute approximate surface area is 140 Å². The molecule has 2 heterocycles. The smallest absolute Gasteiger partial charge is 0.254 e. The molecule has 3 rings (SSSR count). The van der Waals surface area contributed by atoms with Crippen molar-refractivity contribution in [3.63, 3.8) is 0 Å². The van der Waals surface area contributed by atoms with Gasteiger partial charge < -0.3 is 19.2 Å². The molecule has 0 spiro atoms. The number of ether oxygens (including phenoxy) is 1. The van der Waals surface area contributed by atoms with Crippen molar-refractivity contribution in [1.82, 2.24) is 24.6 Å². The van der Waals surface area contributed by atoms with Crippen molar-refractivity contribution in [2.24, 2.45) is 7.05 Å². The molecule has 2 aromatic heterocycles. The normalized spacial score (nSPS) is 12.5. The summed E-state index contributed by atoms with van der Waals surface area (Å²) >= 11 is 0. The molecule has 7 heteroatoms. The molecule has 1 N–H and O–H groups in total. The minimum Gasteiger partial charge on any atom is -0.383 e. The second kappa shape index (κ2) is 6.84. The summed E-state index contributed by atoms with van der Waals surface area (Å²) < 4.78 is 8.93. The van der Waals surface area contributed by atoms with Gasteiger partial charge in [0.15, 0.2) is 5.82 Å². The third-order valence-corrected chi connectivity index (χ3v) is 4.06. The van der Waals surface area contributed by atoms with Gasteiger partial charge in [-0.15, -0.1) is 10.2 Å². The van der Waals surface area contributed by atoms with Crippen LogP contribution < -0.4 is 5.32 Å². The van der Waals surface area contributed by atoms with E-state index in [2.05, 4.69) is 15.5 Å². The van der Waals surface area contributed by atoms with E-state index in [1.807, 2.05) is 53.6 Å². The van der Waals surface area contributed by atoms with Crippen molar-refractivity contribution in [1.29, 1.82) is 0 Å². The third kappa shape index (κ3) is 3.03. The van der Waals surface area contributed by atoms with Crippen LogP contribution in [0.1, 0.15) is 29.1 Å². The van der Waals surface area contributed by atoms with Crippen LogP contribution in [-0.2, 0) is 18.3 Å². The van der Waals surface area contributed by atoms with Crippen LogP contribution in [0, 0.1) is 0 Å². The molecule has 1 aromatic carbocycles. The Balaban J connectivity index is 1.80. The fourth-order valence-electron chi connectivity index (χ4n) is 2.82. The summed E-state index contributed by atoms with van der Waals surface area (Å²) in [4.78, 5) is 12.7. The summed E-state index contributed by atoms with van der Waals surface area (Å²) in [6, 6.07) is 7.60. The average molecular weight is 327 g/mol. The molecule has 0 unspecified atom stereocenters. The quantitative estimate of drug-likeness (QED) is 0.750. The zero-order chi connectivity index (χ0) is 17.1. The van der Waals surface area contributed by atoms with E-state index in [0.717, 1.165) is 10.9 Å². The summed E-state index contributed by atoms with van der Waals surface area (Å²) in [5, 5.41) is 12.0. The molecule has 24 heavy (non-hydrogen) atoms. The van der Waals surface area contributed by atoms with E-state index >= 15 is 0 Å². The SMILES string of the molecule is COCCn1cnnc1[C@@H](C)NC(=O)c1cn(C)c2ccccc12. The summed E-state index contributed by atoms with van der Waals surface area (Å²) in [6.45, 7) is 3.11. The van der Waals surface area contributed by atoms with Crippen molar-refractivity contribution in [2.45, 2.75) is 19.5 Å². The topological polar surface area (TPSA) is 74.0 Å². The lowest BCUT2D eigenvalue weighted by Crippen LogP contribution is -2.29. The van der Waals surface area contributed by atoms with Crippen LogP contribution in [0.3, 0.4) is 0 Å². The van der Waals surface area contributed by atoms with Crippen LogP contribution in [0.5, 0.6) is 0 Å². The number of aromatic nitrogens is 4. The first-order chi connectivity index (χ1) is 11.6. The third-order valence-electron chi connectivity index (χ3n) is 4.06. The largest absolute Gasteiger partial charge is 0.383 e. The van der Waals surface area contributed by atoms with Crippen molar-refractivity contribution < 1.29 is 9.53 Å². The highest BCUT2D eigenvalue weighted by molar-refractivity contribution is 6.07. The Kier molecular flexibility index (Phi) is 4.61. The highest BCUT2D eigenvalue weighted by Gasteiger charge is 2.19. The number of carbonyl (C=O) groups is 1. The molecule has 0 bridgehead atoms. The number of amides is 1. The van der Waals surface area contributed by atoms with Crippen LogP contribution >= 0.6 is 0 Å². The van der Waals surface area contributed by atoms with E-state index in [4.69, 9.17) is 4.74 Å². The van der Waals surface area contributed by atoms with Gasteiger partial charge in [0.25, 0.3) is 5.91 Å². The molecule has 126 valence electrons. The van der Waals surface area contributed by atoms with E-state index < -0.39 is 0 Å². The predicted octanol–water partition coefficient (Wildman–Crippen LogP) is 1.91. The predicted molar refractivity (Wildman–Crippen MR) is 90.7 cm³/mol. The van der Waals surface area contributed by atoms with Gasteiger partial charge in [0, 0.05) is 37.8 Å². The lowest BCUT2D eigenvalue weighted by molar-refractivity contribution is 0.0938. The van der Waals surface area contributed by atoms with E-state index in [9.17, 15) is 4.79 Å². The molecule has 1 amide bonds. The second-order valence-corrected chi connectivity index (χ2v) is 5.74. The molecule has 0 aliphatic heterocycles. The van der Waals surface area contributed by atoms with Crippen LogP contribution in [0.15, 0.2) is 36.8 Å². The Morgan fingerprint density at radius 1 is 1.38 bits per heavy atom. The number of aryl methyl sites for hydroxylation is 1. The molecule has 3 aromatic rings. The Morgan fingerprint density at radius 3 is 2.96 bits per heavy atom.